The summed E-state index contributed by atoms with van der Waals surface area (Å²) in [6.07, 6.45) is 5.62. The number of hydrogen-bond donors (Lipinski definition) is 1. The molecule has 0 radical (unpaired) electrons. The van der Waals surface area contributed by atoms with Crippen molar-refractivity contribution in [3.05, 3.63) is 70.6 Å². The van der Waals surface area contributed by atoms with Crippen molar-refractivity contribution in [2.45, 2.75) is 45.2 Å². The summed E-state index contributed by atoms with van der Waals surface area (Å²) < 4.78 is 3.61. The van der Waals surface area contributed by atoms with Gasteiger partial charge in [0.25, 0.3) is 5.91 Å². The van der Waals surface area contributed by atoms with Crippen molar-refractivity contribution in [2.24, 2.45) is 0 Å². The molecule has 1 fully saturated rings. The molecule has 7 nitrogen and oxygen atoms in total. The topological polar surface area (TPSA) is 77.6 Å². The smallest absolute Gasteiger partial charge is 0.257 e. The summed E-state index contributed by atoms with van der Waals surface area (Å²) >= 11 is 6.30. The fourth-order valence-corrected chi connectivity index (χ4v) is 3.92. The maximum Gasteiger partial charge on any atom is 0.257 e. The van der Waals surface area contributed by atoms with Gasteiger partial charge < -0.3 is 5.32 Å². The van der Waals surface area contributed by atoms with Crippen LogP contribution < -0.4 is 5.32 Å². The fourth-order valence-electron chi connectivity index (χ4n) is 3.73. The predicted molar refractivity (Wildman–Crippen MR) is 121 cm³/mol. The molecule has 158 valence electrons. The normalized spacial score (nSPS) is 13.8. The molecule has 1 aliphatic rings. The first-order chi connectivity index (χ1) is 15.0. The second-order valence-corrected chi connectivity index (χ2v) is 8.62. The van der Waals surface area contributed by atoms with Crippen LogP contribution >= 0.6 is 11.6 Å². The van der Waals surface area contributed by atoms with Crippen molar-refractivity contribution >= 4 is 34.4 Å². The summed E-state index contributed by atoms with van der Waals surface area (Å²) in [6, 6.07) is 11.5. The van der Waals surface area contributed by atoms with Gasteiger partial charge in [-0.25, -0.2) is 14.3 Å². The second kappa shape index (κ2) is 7.81. The molecule has 1 aliphatic carbocycles. The van der Waals surface area contributed by atoms with E-state index in [0.29, 0.717) is 28.9 Å². The van der Waals surface area contributed by atoms with E-state index in [1.54, 1.807) is 23.1 Å². The minimum Gasteiger partial charge on any atom is -0.307 e. The number of hydrogen-bond acceptors (Lipinski definition) is 4. The van der Waals surface area contributed by atoms with Crippen molar-refractivity contribution in [1.29, 1.82) is 0 Å². The molecule has 3 heterocycles. The third-order valence-electron chi connectivity index (χ3n) is 5.55. The quantitative estimate of drug-likeness (QED) is 0.461. The number of amides is 1. The third-order valence-corrected chi connectivity index (χ3v) is 5.92. The Balaban J connectivity index is 1.48. The molecular formula is C23H23ClN6O. The van der Waals surface area contributed by atoms with Crippen molar-refractivity contribution in [3.63, 3.8) is 0 Å². The highest BCUT2D eigenvalue weighted by atomic mass is 35.5. The number of nitrogens with one attached hydrogen (secondary N) is 1. The molecule has 0 spiro atoms. The molecule has 5 rings (SSSR count). The summed E-state index contributed by atoms with van der Waals surface area (Å²) in [4.78, 5) is 18.2. The predicted octanol–water partition coefficient (Wildman–Crippen LogP) is 5.04. The average Bonchev–Trinajstić information content (AvgIpc) is 3.37. The van der Waals surface area contributed by atoms with Gasteiger partial charge in [0.05, 0.1) is 29.9 Å². The lowest BCUT2D eigenvalue weighted by Gasteiger charge is -2.12. The summed E-state index contributed by atoms with van der Waals surface area (Å²) in [6.45, 7) is 4.59. The standard InChI is InChI=1S/C23H23ClN6O/c1-14(2)30-22-18(12-26-30)17(11-20(27-22)15-7-8-15)23(31)28-21-9-10-25-29(21)13-16-5-3-4-6-19(16)24/h3-6,9-12,14-15H,7-8,13H2,1-2H3,(H,28,31). The molecule has 0 unspecified atom stereocenters. The van der Waals surface area contributed by atoms with Gasteiger partial charge in [0.15, 0.2) is 5.65 Å². The number of rotatable bonds is 6. The van der Waals surface area contributed by atoms with Gasteiger partial charge in [-0.1, -0.05) is 29.8 Å². The lowest BCUT2D eigenvalue weighted by atomic mass is 10.1. The van der Waals surface area contributed by atoms with Gasteiger partial charge in [0.1, 0.15) is 5.82 Å². The Kier molecular flexibility index (Phi) is 4.98. The first kappa shape index (κ1) is 19.8. The Morgan fingerprint density at radius 3 is 2.77 bits per heavy atom. The monoisotopic (exact) mass is 434 g/mol. The zero-order valence-corrected chi connectivity index (χ0v) is 18.2. The molecule has 1 saturated carbocycles. The number of anilines is 1. The summed E-state index contributed by atoms with van der Waals surface area (Å²) in [5, 5.41) is 13.3. The van der Waals surface area contributed by atoms with Gasteiger partial charge in [-0.05, 0) is 44.4 Å². The number of carbonyl (C=O) groups is 1. The highest BCUT2D eigenvalue weighted by Crippen LogP contribution is 2.40. The van der Waals surface area contributed by atoms with Crippen LogP contribution in [0.1, 0.15) is 60.3 Å². The van der Waals surface area contributed by atoms with E-state index in [4.69, 9.17) is 16.6 Å². The van der Waals surface area contributed by atoms with Crippen LogP contribution in [0.4, 0.5) is 5.82 Å². The number of fused-ring (bicyclic) bond motifs is 1. The van der Waals surface area contributed by atoms with Crippen LogP contribution in [0.25, 0.3) is 11.0 Å². The molecule has 1 amide bonds. The van der Waals surface area contributed by atoms with Crippen molar-refractivity contribution in [3.8, 4) is 0 Å². The van der Waals surface area contributed by atoms with E-state index in [0.717, 1.165) is 35.1 Å². The van der Waals surface area contributed by atoms with Gasteiger partial charge >= 0.3 is 0 Å². The van der Waals surface area contributed by atoms with E-state index in [2.05, 4.69) is 29.4 Å². The Labute approximate surface area is 185 Å². The minimum atomic E-state index is -0.196. The average molecular weight is 435 g/mol. The summed E-state index contributed by atoms with van der Waals surface area (Å²) in [5.41, 5.74) is 3.24. The molecule has 4 aromatic rings. The maximum absolute atomic E-state index is 13.3. The third kappa shape index (κ3) is 3.81. The van der Waals surface area contributed by atoms with Crippen LogP contribution in [0.5, 0.6) is 0 Å². The zero-order valence-electron chi connectivity index (χ0n) is 17.4. The van der Waals surface area contributed by atoms with Gasteiger partial charge in [-0.15, -0.1) is 0 Å². The highest BCUT2D eigenvalue weighted by molar-refractivity contribution is 6.31. The Bertz CT molecular complexity index is 1270. The Morgan fingerprint density at radius 2 is 2.03 bits per heavy atom. The van der Waals surface area contributed by atoms with Gasteiger partial charge in [-0.3, -0.25) is 4.79 Å². The highest BCUT2D eigenvalue weighted by Gasteiger charge is 2.28. The molecule has 0 saturated heterocycles. The molecule has 0 bridgehead atoms. The summed E-state index contributed by atoms with van der Waals surface area (Å²) in [7, 11) is 0. The van der Waals surface area contributed by atoms with E-state index in [-0.39, 0.29) is 11.9 Å². The molecule has 31 heavy (non-hydrogen) atoms. The van der Waals surface area contributed by atoms with Crippen molar-refractivity contribution in [1.82, 2.24) is 24.5 Å². The fraction of sp³-hybridized carbons (Fsp3) is 0.304. The van der Waals surface area contributed by atoms with Crippen LogP contribution in [0.15, 0.2) is 48.8 Å². The van der Waals surface area contributed by atoms with E-state index < -0.39 is 0 Å². The molecule has 0 atom stereocenters. The molecule has 1 aromatic carbocycles. The number of nitrogens with zero attached hydrogens (tertiary/aromatic N) is 5. The van der Waals surface area contributed by atoms with Crippen LogP contribution in [0.3, 0.4) is 0 Å². The maximum atomic E-state index is 13.3. The van der Waals surface area contributed by atoms with Gasteiger partial charge in [0, 0.05) is 28.7 Å². The van der Waals surface area contributed by atoms with Crippen molar-refractivity contribution < 1.29 is 4.79 Å². The number of halogens is 1. The second-order valence-electron chi connectivity index (χ2n) is 8.21. The van der Waals surface area contributed by atoms with Crippen LogP contribution in [0.2, 0.25) is 5.02 Å². The molecule has 0 aliphatic heterocycles. The SMILES string of the molecule is CC(C)n1ncc2c(C(=O)Nc3ccnn3Cc3ccccc3Cl)cc(C3CC3)nc21. The molecule has 8 heteroatoms. The van der Waals surface area contributed by atoms with E-state index in [1.165, 1.54) is 0 Å². The number of carbonyl (C=O) groups excluding carboxylic acids is 1. The largest absolute Gasteiger partial charge is 0.307 e. The number of pyridine rings is 1. The van der Waals surface area contributed by atoms with Crippen LogP contribution in [-0.2, 0) is 6.54 Å². The molecular weight excluding hydrogens is 412 g/mol. The van der Waals surface area contributed by atoms with E-state index >= 15 is 0 Å². The van der Waals surface area contributed by atoms with Gasteiger partial charge in [0.2, 0.25) is 0 Å². The molecule has 3 aromatic heterocycles. The number of aromatic nitrogens is 5. The first-order valence-electron chi connectivity index (χ1n) is 10.5. The Morgan fingerprint density at radius 1 is 1.23 bits per heavy atom. The Hall–Kier alpha value is -3.19. The first-order valence-corrected chi connectivity index (χ1v) is 10.8. The van der Waals surface area contributed by atoms with Crippen LogP contribution in [-0.4, -0.2) is 30.5 Å². The molecule has 1 N–H and O–H groups in total. The van der Waals surface area contributed by atoms with E-state index in [9.17, 15) is 4.79 Å². The minimum absolute atomic E-state index is 0.160. The van der Waals surface area contributed by atoms with E-state index in [1.807, 2.05) is 35.0 Å². The lowest BCUT2D eigenvalue weighted by molar-refractivity contribution is 0.102. The summed E-state index contributed by atoms with van der Waals surface area (Å²) in [5.74, 6) is 0.842. The zero-order chi connectivity index (χ0) is 21.5. The van der Waals surface area contributed by atoms with Crippen LogP contribution in [0, 0.1) is 0 Å². The lowest BCUT2D eigenvalue weighted by Crippen LogP contribution is -2.17. The van der Waals surface area contributed by atoms with Crippen molar-refractivity contribution in [2.75, 3.05) is 5.32 Å². The van der Waals surface area contributed by atoms with Gasteiger partial charge in [-0.2, -0.15) is 10.2 Å². The number of benzene rings is 1.